The highest BCUT2D eigenvalue weighted by Crippen LogP contribution is 2.35. The van der Waals surface area contributed by atoms with E-state index in [1.54, 1.807) is 54.6 Å². The monoisotopic (exact) mass is 520 g/mol. The van der Waals surface area contributed by atoms with E-state index in [0.29, 0.717) is 22.2 Å². The fraction of sp³-hybridized carbons (Fsp3) is 0.0741. The molecular formula is C27H18Cl2N2O3S. The first kappa shape index (κ1) is 23.4. The average molecular weight is 521 g/mol. The molecule has 1 aliphatic heterocycles. The first-order valence-electron chi connectivity index (χ1n) is 10.8. The number of ketones is 1. The van der Waals surface area contributed by atoms with Crippen LogP contribution in [0.3, 0.4) is 0 Å². The second-order valence-electron chi connectivity index (χ2n) is 7.99. The SMILES string of the molecule is O=C(CN1C(=O)S/C(=C\c2cn(Cc3c(Cl)cccc3Cl)c3ccccc23)C1=O)c1ccccc1. The zero-order chi connectivity index (χ0) is 24.5. The van der Waals surface area contributed by atoms with Gasteiger partial charge in [0.15, 0.2) is 5.78 Å². The third-order valence-electron chi connectivity index (χ3n) is 5.77. The van der Waals surface area contributed by atoms with Gasteiger partial charge in [0.25, 0.3) is 11.1 Å². The number of thioether (sulfide) groups is 1. The van der Waals surface area contributed by atoms with Gasteiger partial charge in [0.2, 0.25) is 0 Å². The summed E-state index contributed by atoms with van der Waals surface area (Å²) in [5.41, 5.74) is 2.97. The van der Waals surface area contributed by atoms with E-state index in [-0.39, 0.29) is 17.2 Å². The van der Waals surface area contributed by atoms with Crippen LogP contribution in [0.1, 0.15) is 21.5 Å². The number of hydrogen-bond donors (Lipinski definition) is 0. The summed E-state index contributed by atoms with van der Waals surface area (Å²) in [5, 5.41) is 1.60. The Labute approximate surface area is 215 Å². The van der Waals surface area contributed by atoms with Crippen LogP contribution >= 0.6 is 35.0 Å². The van der Waals surface area contributed by atoms with Gasteiger partial charge in [-0.3, -0.25) is 19.3 Å². The van der Waals surface area contributed by atoms with Crippen molar-refractivity contribution in [3.05, 3.63) is 111 Å². The van der Waals surface area contributed by atoms with Crippen molar-refractivity contribution in [2.75, 3.05) is 6.54 Å². The first-order valence-corrected chi connectivity index (χ1v) is 12.3. The van der Waals surface area contributed by atoms with Crippen LogP contribution in [0.2, 0.25) is 10.0 Å². The minimum absolute atomic E-state index is 0.273. The second kappa shape index (κ2) is 9.74. The second-order valence-corrected chi connectivity index (χ2v) is 9.79. The van der Waals surface area contributed by atoms with Crippen molar-refractivity contribution < 1.29 is 14.4 Å². The quantitative estimate of drug-likeness (QED) is 0.204. The molecule has 0 unspecified atom stereocenters. The summed E-state index contributed by atoms with van der Waals surface area (Å²) in [4.78, 5) is 39.4. The van der Waals surface area contributed by atoms with Gasteiger partial charge in [0, 0.05) is 43.8 Å². The molecule has 1 aromatic heterocycles. The van der Waals surface area contributed by atoms with Crippen LogP contribution in [0.4, 0.5) is 4.79 Å². The number of fused-ring (bicyclic) bond motifs is 1. The van der Waals surface area contributed by atoms with E-state index >= 15 is 0 Å². The Morgan fingerprint density at radius 2 is 1.57 bits per heavy atom. The van der Waals surface area contributed by atoms with Gasteiger partial charge in [-0.2, -0.15) is 0 Å². The van der Waals surface area contributed by atoms with Gasteiger partial charge in [-0.25, -0.2) is 0 Å². The maximum atomic E-state index is 13.0. The molecule has 0 atom stereocenters. The molecule has 0 N–H and O–H groups in total. The Balaban J connectivity index is 1.46. The average Bonchev–Trinajstić information content (AvgIpc) is 3.34. The molecule has 0 bridgehead atoms. The predicted octanol–water partition coefficient (Wildman–Crippen LogP) is 6.92. The Morgan fingerprint density at radius 3 is 2.31 bits per heavy atom. The lowest BCUT2D eigenvalue weighted by atomic mass is 10.1. The molecule has 2 heterocycles. The fourth-order valence-corrected chi connectivity index (χ4v) is 5.36. The highest BCUT2D eigenvalue weighted by Gasteiger charge is 2.36. The van der Waals surface area contributed by atoms with Gasteiger partial charge in [0.1, 0.15) is 0 Å². The summed E-state index contributed by atoms with van der Waals surface area (Å²) in [5.74, 6) is -0.766. The minimum atomic E-state index is -0.477. The lowest BCUT2D eigenvalue weighted by Crippen LogP contribution is -2.33. The summed E-state index contributed by atoms with van der Waals surface area (Å²) >= 11 is 13.6. The summed E-state index contributed by atoms with van der Waals surface area (Å²) in [7, 11) is 0. The summed E-state index contributed by atoms with van der Waals surface area (Å²) in [6, 6.07) is 21.8. The number of rotatable bonds is 6. The molecule has 5 rings (SSSR count). The van der Waals surface area contributed by atoms with Gasteiger partial charge in [-0.05, 0) is 36.0 Å². The van der Waals surface area contributed by atoms with Gasteiger partial charge >= 0.3 is 0 Å². The van der Waals surface area contributed by atoms with E-state index in [1.165, 1.54) is 0 Å². The molecule has 35 heavy (non-hydrogen) atoms. The van der Waals surface area contributed by atoms with Crippen molar-refractivity contribution in [2.24, 2.45) is 0 Å². The number of benzene rings is 3. The van der Waals surface area contributed by atoms with E-state index < -0.39 is 11.1 Å². The number of Topliss-reactive ketones (excluding diaryl/α,β-unsaturated/α-hetero) is 1. The Bertz CT molecular complexity index is 1490. The van der Waals surface area contributed by atoms with Crippen LogP contribution in [-0.4, -0.2) is 32.9 Å². The zero-order valence-corrected chi connectivity index (χ0v) is 20.6. The van der Waals surface area contributed by atoms with Gasteiger partial charge in [-0.1, -0.05) is 77.8 Å². The van der Waals surface area contributed by atoms with Gasteiger partial charge in [-0.15, -0.1) is 0 Å². The number of amides is 2. The molecule has 1 saturated heterocycles. The van der Waals surface area contributed by atoms with Crippen molar-refractivity contribution in [3.63, 3.8) is 0 Å². The van der Waals surface area contributed by atoms with E-state index in [9.17, 15) is 14.4 Å². The van der Waals surface area contributed by atoms with E-state index in [1.807, 2.05) is 35.0 Å². The van der Waals surface area contributed by atoms with Gasteiger partial charge < -0.3 is 4.57 Å². The fourth-order valence-electron chi connectivity index (χ4n) is 4.01. The Hall–Kier alpha value is -3.32. The molecule has 4 aromatic rings. The van der Waals surface area contributed by atoms with Crippen LogP contribution in [-0.2, 0) is 11.3 Å². The van der Waals surface area contributed by atoms with E-state index in [4.69, 9.17) is 23.2 Å². The Kier molecular flexibility index (Phi) is 6.52. The number of nitrogens with zero attached hydrogens (tertiary/aromatic N) is 2. The van der Waals surface area contributed by atoms with Crippen LogP contribution < -0.4 is 0 Å². The number of imide groups is 1. The molecule has 8 heteroatoms. The highest BCUT2D eigenvalue weighted by atomic mass is 35.5. The first-order chi connectivity index (χ1) is 16.9. The van der Waals surface area contributed by atoms with Crippen LogP contribution in [0.5, 0.6) is 0 Å². The number of carbonyl (C=O) groups excluding carboxylic acids is 3. The largest absolute Gasteiger partial charge is 0.342 e. The van der Waals surface area contributed by atoms with Gasteiger partial charge in [0.05, 0.1) is 18.0 Å². The molecule has 0 saturated carbocycles. The number of para-hydroxylation sites is 1. The van der Waals surface area contributed by atoms with E-state index in [0.717, 1.165) is 38.7 Å². The summed E-state index contributed by atoms with van der Waals surface area (Å²) in [6.07, 6.45) is 3.61. The van der Waals surface area contributed by atoms with Crippen LogP contribution in [0.25, 0.3) is 17.0 Å². The molecule has 2 amide bonds. The smallest absolute Gasteiger partial charge is 0.293 e. The number of halogens is 2. The third kappa shape index (κ3) is 4.65. The summed E-state index contributed by atoms with van der Waals surface area (Å²) < 4.78 is 2.01. The molecule has 1 aliphatic rings. The van der Waals surface area contributed by atoms with Crippen molar-refractivity contribution >= 4 is 68.9 Å². The normalized spacial score (nSPS) is 14.9. The van der Waals surface area contributed by atoms with Crippen molar-refractivity contribution in [3.8, 4) is 0 Å². The number of carbonyl (C=O) groups is 3. The molecule has 0 aliphatic carbocycles. The molecule has 174 valence electrons. The van der Waals surface area contributed by atoms with Crippen LogP contribution in [0, 0.1) is 0 Å². The maximum Gasteiger partial charge on any atom is 0.293 e. The lowest BCUT2D eigenvalue weighted by molar-refractivity contribution is -0.122. The maximum absolute atomic E-state index is 13.0. The lowest BCUT2D eigenvalue weighted by Gasteiger charge is -2.11. The number of aromatic nitrogens is 1. The van der Waals surface area contributed by atoms with E-state index in [2.05, 4.69) is 0 Å². The standard InChI is InChI=1S/C27H18Cl2N2O3S/c28-21-10-6-11-22(29)20(21)15-30-14-18(19-9-4-5-12-23(19)30)13-25-26(33)31(27(34)35-25)16-24(32)17-7-2-1-3-8-17/h1-14H,15-16H2/b25-13-. The van der Waals surface area contributed by atoms with Crippen molar-refractivity contribution in [1.29, 1.82) is 0 Å². The number of hydrogen-bond acceptors (Lipinski definition) is 4. The van der Waals surface area contributed by atoms with Crippen LogP contribution in [0.15, 0.2) is 83.9 Å². The molecular weight excluding hydrogens is 503 g/mol. The molecule has 1 fully saturated rings. The van der Waals surface area contributed by atoms with Crippen molar-refractivity contribution in [1.82, 2.24) is 9.47 Å². The topological polar surface area (TPSA) is 59.4 Å². The molecule has 3 aromatic carbocycles. The zero-order valence-electron chi connectivity index (χ0n) is 18.3. The van der Waals surface area contributed by atoms with Crippen molar-refractivity contribution in [2.45, 2.75) is 6.54 Å². The molecule has 5 nitrogen and oxygen atoms in total. The predicted molar refractivity (Wildman–Crippen MR) is 141 cm³/mol. The Morgan fingerprint density at radius 1 is 0.886 bits per heavy atom. The third-order valence-corrected chi connectivity index (χ3v) is 7.38. The minimum Gasteiger partial charge on any atom is -0.342 e. The highest BCUT2D eigenvalue weighted by molar-refractivity contribution is 8.18. The molecule has 0 spiro atoms. The molecule has 0 radical (unpaired) electrons. The summed E-state index contributed by atoms with van der Waals surface area (Å²) in [6.45, 7) is 0.151.